The van der Waals surface area contributed by atoms with E-state index < -0.39 is 12.1 Å². The van der Waals surface area contributed by atoms with Gasteiger partial charge in [0, 0.05) is 18.7 Å². The summed E-state index contributed by atoms with van der Waals surface area (Å²) in [4.78, 5) is 3.94. The maximum Gasteiger partial charge on any atom is 0.137 e. The Labute approximate surface area is 119 Å². The van der Waals surface area contributed by atoms with Crippen molar-refractivity contribution in [1.82, 2.24) is 10.3 Å². The lowest BCUT2D eigenvalue weighted by Crippen LogP contribution is -2.45. The predicted molar refractivity (Wildman–Crippen MR) is 77.1 cm³/mol. The third-order valence-corrected chi connectivity index (χ3v) is 3.02. The third kappa shape index (κ3) is 5.57. The standard InChI is InChI=1S/C15H21N3O2/c16-14(11-20-13-4-2-8-17-9-13)15(19)10-18-7-1-3-12-5-6-12/h2,4,8-9,12,14-15,18-19H,5-7,10-11,16H2/t14-,15+/m0/s1. The molecule has 5 heteroatoms. The van der Waals surface area contributed by atoms with Crippen molar-refractivity contribution in [2.24, 2.45) is 11.7 Å². The first-order chi connectivity index (χ1) is 9.75. The van der Waals surface area contributed by atoms with Crippen LogP contribution in [-0.4, -0.2) is 41.9 Å². The Hall–Kier alpha value is -1.61. The molecule has 0 aliphatic heterocycles. The fourth-order valence-corrected chi connectivity index (χ4v) is 1.59. The van der Waals surface area contributed by atoms with E-state index in [4.69, 9.17) is 10.5 Å². The van der Waals surface area contributed by atoms with Gasteiger partial charge in [-0.2, -0.15) is 0 Å². The number of aliphatic hydroxyl groups is 1. The molecule has 0 spiro atoms. The first-order valence-corrected chi connectivity index (χ1v) is 6.91. The zero-order valence-electron chi connectivity index (χ0n) is 11.5. The largest absolute Gasteiger partial charge is 0.490 e. The lowest BCUT2D eigenvalue weighted by molar-refractivity contribution is 0.115. The maximum atomic E-state index is 9.89. The number of nitrogens with two attached hydrogens (primary N) is 1. The van der Waals surface area contributed by atoms with E-state index in [1.165, 1.54) is 12.8 Å². The van der Waals surface area contributed by atoms with E-state index in [0.29, 0.717) is 24.8 Å². The number of pyridine rings is 1. The summed E-state index contributed by atoms with van der Waals surface area (Å²) in [5.41, 5.74) is 5.87. The highest BCUT2D eigenvalue weighted by atomic mass is 16.5. The lowest BCUT2D eigenvalue weighted by atomic mass is 10.2. The van der Waals surface area contributed by atoms with Crippen molar-refractivity contribution in [1.29, 1.82) is 0 Å². The van der Waals surface area contributed by atoms with E-state index in [1.807, 2.05) is 0 Å². The molecule has 1 aliphatic carbocycles. The molecule has 20 heavy (non-hydrogen) atoms. The summed E-state index contributed by atoms with van der Waals surface area (Å²) in [6.45, 7) is 1.25. The quantitative estimate of drug-likeness (QED) is 0.487. The van der Waals surface area contributed by atoms with Gasteiger partial charge in [-0.1, -0.05) is 11.8 Å². The van der Waals surface area contributed by atoms with Gasteiger partial charge in [-0.25, -0.2) is 0 Å². The summed E-state index contributed by atoms with van der Waals surface area (Å²) in [5.74, 6) is 7.46. The molecular formula is C15H21N3O2. The average Bonchev–Trinajstić information content (AvgIpc) is 3.29. The fraction of sp³-hybridized carbons (Fsp3) is 0.533. The van der Waals surface area contributed by atoms with Crippen molar-refractivity contribution >= 4 is 0 Å². The van der Waals surface area contributed by atoms with Gasteiger partial charge in [-0.05, 0) is 25.0 Å². The maximum absolute atomic E-state index is 9.89. The number of rotatable bonds is 7. The Kier molecular flexibility index (Phi) is 5.81. The molecule has 0 saturated heterocycles. The van der Waals surface area contributed by atoms with Gasteiger partial charge in [0.25, 0.3) is 0 Å². The molecule has 108 valence electrons. The lowest BCUT2D eigenvalue weighted by Gasteiger charge is -2.19. The Morgan fingerprint density at radius 3 is 3.10 bits per heavy atom. The molecule has 2 atom stereocenters. The van der Waals surface area contributed by atoms with Crippen molar-refractivity contribution in [3.05, 3.63) is 24.5 Å². The van der Waals surface area contributed by atoms with E-state index in [1.54, 1.807) is 24.5 Å². The molecule has 4 N–H and O–H groups in total. The average molecular weight is 275 g/mol. The van der Waals surface area contributed by atoms with E-state index in [2.05, 4.69) is 22.1 Å². The van der Waals surface area contributed by atoms with Gasteiger partial charge in [0.15, 0.2) is 0 Å². The second kappa shape index (κ2) is 7.85. The number of nitrogens with one attached hydrogen (secondary N) is 1. The van der Waals surface area contributed by atoms with Crippen LogP contribution in [0.25, 0.3) is 0 Å². The summed E-state index contributed by atoms with van der Waals surface area (Å²) >= 11 is 0. The number of ether oxygens (including phenoxy) is 1. The van der Waals surface area contributed by atoms with Crippen LogP contribution in [0.4, 0.5) is 0 Å². The number of hydrogen-bond acceptors (Lipinski definition) is 5. The van der Waals surface area contributed by atoms with E-state index in [-0.39, 0.29) is 6.61 Å². The molecule has 0 unspecified atom stereocenters. The number of aliphatic hydroxyl groups excluding tert-OH is 1. The highest BCUT2D eigenvalue weighted by Crippen LogP contribution is 2.27. The molecule has 5 nitrogen and oxygen atoms in total. The van der Waals surface area contributed by atoms with Gasteiger partial charge in [0.2, 0.25) is 0 Å². The molecule has 1 saturated carbocycles. The highest BCUT2D eigenvalue weighted by Gasteiger charge is 2.17. The highest BCUT2D eigenvalue weighted by molar-refractivity contribution is 5.15. The van der Waals surface area contributed by atoms with Crippen LogP contribution in [0.3, 0.4) is 0 Å². The summed E-state index contributed by atoms with van der Waals surface area (Å²) < 4.78 is 5.45. The van der Waals surface area contributed by atoms with Crippen molar-refractivity contribution < 1.29 is 9.84 Å². The monoisotopic (exact) mass is 275 g/mol. The van der Waals surface area contributed by atoms with Crippen LogP contribution < -0.4 is 15.8 Å². The van der Waals surface area contributed by atoms with E-state index in [9.17, 15) is 5.11 Å². The molecule has 2 rings (SSSR count). The zero-order chi connectivity index (χ0) is 14.2. The molecule has 1 aliphatic rings. The molecule has 0 aromatic carbocycles. The van der Waals surface area contributed by atoms with E-state index >= 15 is 0 Å². The fourth-order valence-electron chi connectivity index (χ4n) is 1.59. The number of hydrogen-bond donors (Lipinski definition) is 3. The third-order valence-electron chi connectivity index (χ3n) is 3.02. The molecule has 1 aromatic heterocycles. The van der Waals surface area contributed by atoms with Crippen LogP contribution in [0.2, 0.25) is 0 Å². The zero-order valence-corrected chi connectivity index (χ0v) is 11.5. The molecule has 1 aromatic rings. The second-order valence-electron chi connectivity index (χ2n) is 4.96. The van der Waals surface area contributed by atoms with Gasteiger partial charge < -0.3 is 20.9 Å². The van der Waals surface area contributed by atoms with Crippen LogP contribution in [0, 0.1) is 17.8 Å². The van der Waals surface area contributed by atoms with Crippen LogP contribution in [0.1, 0.15) is 12.8 Å². The number of nitrogens with zero attached hydrogens (tertiary/aromatic N) is 1. The smallest absolute Gasteiger partial charge is 0.137 e. The van der Waals surface area contributed by atoms with Crippen LogP contribution in [-0.2, 0) is 0 Å². The van der Waals surface area contributed by atoms with Crippen molar-refractivity contribution in [3.63, 3.8) is 0 Å². The first kappa shape index (κ1) is 14.8. The van der Waals surface area contributed by atoms with Crippen molar-refractivity contribution in [3.8, 4) is 17.6 Å². The van der Waals surface area contributed by atoms with Crippen molar-refractivity contribution in [2.45, 2.75) is 25.0 Å². The van der Waals surface area contributed by atoms with Gasteiger partial charge >= 0.3 is 0 Å². The Balaban J connectivity index is 1.59. The van der Waals surface area contributed by atoms with Crippen molar-refractivity contribution in [2.75, 3.05) is 19.7 Å². The minimum atomic E-state index is -0.658. The molecule has 0 bridgehead atoms. The Bertz CT molecular complexity index is 451. The van der Waals surface area contributed by atoms with Gasteiger partial charge in [0.1, 0.15) is 12.4 Å². The molecule has 1 heterocycles. The SMILES string of the molecule is N[C@@H](COc1cccnc1)[C@H](O)CNCC#CC1CC1. The van der Waals surface area contributed by atoms with Crippen LogP contribution >= 0.6 is 0 Å². The van der Waals surface area contributed by atoms with Gasteiger partial charge in [-0.15, -0.1) is 0 Å². The molecule has 0 amide bonds. The first-order valence-electron chi connectivity index (χ1n) is 6.91. The Morgan fingerprint density at radius 2 is 2.40 bits per heavy atom. The Morgan fingerprint density at radius 1 is 1.55 bits per heavy atom. The predicted octanol–water partition coefficient (Wildman–Crippen LogP) is 0.152. The van der Waals surface area contributed by atoms with Crippen LogP contribution in [0.5, 0.6) is 5.75 Å². The summed E-state index contributed by atoms with van der Waals surface area (Å²) in [7, 11) is 0. The summed E-state index contributed by atoms with van der Waals surface area (Å²) in [6, 6.07) is 3.15. The normalized spacial score (nSPS) is 16.9. The molecule has 0 radical (unpaired) electrons. The molecule has 1 fully saturated rings. The molecular weight excluding hydrogens is 254 g/mol. The number of aromatic nitrogens is 1. The second-order valence-corrected chi connectivity index (χ2v) is 4.96. The van der Waals surface area contributed by atoms with E-state index in [0.717, 1.165) is 0 Å². The minimum Gasteiger partial charge on any atom is -0.490 e. The minimum absolute atomic E-state index is 0.252. The van der Waals surface area contributed by atoms with Crippen LogP contribution in [0.15, 0.2) is 24.5 Å². The topological polar surface area (TPSA) is 80.4 Å². The van der Waals surface area contributed by atoms with Gasteiger partial charge in [-0.3, -0.25) is 4.98 Å². The summed E-state index contributed by atoms with van der Waals surface area (Å²) in [6.07, 6.45) is 5.09. The summed E-state index contributed by atoms with van der Waals surface area (Å²) in [5, 5.41) is 13.0. The van der Waals surface area contributed by atoms with Gasteiger partial charge in [0.05, 0.1) is 24.9 Å².